The Kier molecular flexibility index (Phi) is 6.02. The molecule has 0 aliphatic heterocycles. The highest BCUT2D eigenvalue weighted by molar-refractivity contribution is 5.56. The number of carbonyl (C=O) groups is 1. The predicted molar refractivity (Wildman–Crippen MR) is 39.1 cm³/mol. The molecule has 0 amide bonds. The van der Waals surface area contributed by atoms with Gasteiger partial charge in [0.15, 0.2) is 0 Å². The Balaban J connectivity index is 3.50. The third kappa shape index (κ3) is 4.23. The number of carbonyl (C=O) groups excluding carboxylic acids is 1. The van der Waals surface area contributed by atoms with Crippen molar-refractivity contribution in [2.75, 3.05) is 6.61 Å². The van der Waals surface area contributed by atoms with Gasteiger partial charge in [-0.15, -0.1) is 0 Å². The van der Waals surface area contributed by atoms with Crippen LogP contribution < -0.4 is 5.90 Å². The lowest BCUT2D eigenvalue weighted by molar-refractivity contribution is -0.109. The maximum absolute atomic E-state index is 10.2. The van der Waals surface area contributed by atoms with Gasteiger partial charge in [-0.1, -0.05) is 19.1 Å². The molecule has 0 bridgehead atoms. The van der Waals surface area contributed by atoms with Crippen molar-refractivity contribution in [1.29, 1.82) is 0 Å². The molecule has 0 unspecified atom stereocenters. The molecule has 3 nitrogen and oxygen atoms in total. The first-order chi connectivity index (χ1) is 4.85. The van der Waals surface area contributed by atoms with Gasteiger partial charge < -0.3 is 9.63 Å². The number of hydrogen-bond acceptors (Lipinski definition) is 3. The molecular formula is C7H13NO2. The topological polar surface area (TPSA) is 52.3 Å². The highest BCUT2D eigenvalue weighted by Gasteiger charge is 1.95. The van der Waals surface area contributed by atoms with E-state index in [4.69, 9.17) is 5.90 Å². The zero-order valence-electron chi connectivity index (χ0n) is 6.12. The van der Waals surface area contributed by atoms with Crippen molar-refractivity contribution in [3.8, 4) is 0 Å². The molecule has 0 aliphatic carbocycles. The zero-order valence-corrected chi connectivity index (χ0v) is 6.12. The summed E-state index contributed by atoms with van der Waals surface area (Å²) in [5, 5.41) is 0. The van der Waals surface area contributed by atoms with Crippen LogP contribution in [0.5, 0.6) is 0 Å². The fourth-order valence-electron chi connectivity index (χ4n) is 0.564. The smallest absolute Gasteiger partial charge is 0.126 e. The lowest BCUT2D eigenvalue weighted by Gasteiger charge is -1.96. The molecule has 0 spiro atoms. The van der Waals surface area contributed by atoms with Gasteiger partial charge in [-0.3, -0.25) is 0 Å². The highest BCUT2D eigenvalue weighted by atomic mass is 16.6. The van der Waals surface area contributed by atoms with Crippen LogP contribution in [0.2, 0.25) is 0 Å². The molecule has 2 N–H and O–H groups in total. The van der Waals surface area contributed by atoms with Crippen LogP contribution >= 0.6 is 0 Å². The number of hydrogen-bond donors (Lipinski definition) is 1. The van der Waals surface area contributed by atoms with Crippen LogP contribution in [0, 0.1) is 5.92 Å². The average Bonchev–Trinajstić information content (AvgIpc) is 1.99. The molecule has 0 aliphatic rings. The molecular weight excluding hydrogens is 130 g/mol. The van der Waals surface area contributed by atoms with Crippen LogP contribution in [0.3, 0.4) is 0 Å². The fourth-order valence-corrected chi connectivity index (χ4v) is 0.564. The number of rotatable bonds is 5. The highest BCUT2D eigenvalue weighted by Crippen LogP contribution is 1.98. The Bertz CT molecular complexity index is 112. The monoisotopic (exact) mass is 143 g/mol. The molecule has 0 heterocycles. The third-order valence-corrected chi connectivity index (χ3v) is 1.22. The molecule has 3 heteroatoms. The van der Waals surface area contributed by atoms with E-state index in [2.05, 4.69) is 4.84 Å². The maximum atomic E-state index is 10.2. The van der Waals surface area contributed by atoms with Crippen LogP contribution in [-0.2, 0) is 9.63 Å². The van der Waals surface area contributed by atoms with Crippen molar-refractivity contribution in [3.05, 3.63) is 12.2 Å². The maximum Gasteiger partial charge on any atom is 0.126 e. The van der Waals surface area contributed by atoms with E-state index < -0.39 is 0 Å². The normalized spacial score (nSPS) is 13.8. The van der Waals surface area contributed by atoms with Crippen LogP contribution in [0.25, 0.3) is 0 Å². The Morgan fingerprint density at radius 1 is 1.70 bits per heavy atom. The molecule has 1 atom stereocenters. The molecule has 0 rings (SSSR count). The first-order valence-corrected chi connectivity index (χ1v) is 3.28. The van der Waals surface area contributed by atoms with E-state index in [1.54, 1.807) is 12.2 Å². The Labute approximate surface area is 60.8 Å². The number of nitrogens with two attached hydrogens (primary N) is 1. The molecule has 0 saturated heterocycles. The van der Waals surface area contributed by atoms with E-state index in [-0.39, 0.29) is 5.92 Å². The molecule has 0 aromatic heterocycles. The molecule has 0 fully saturated rings. The van der Waals surface area contributed by atoms with Crippen LogP contribution in [0.15, 0.2) is 12.2 Å². The van der Waals surface area contributed by atoms with Gasteiger partial charge in [-0.2, -0.15) is 0 Å². The summed E-state index contributed by atoms with van der Waals surface area (Å²) < 4.78 is 0. The summed E-state index contributed by atoms with van der Waals surface area (Å²) in [5.74, 6) is 4.77. The van der Waals surface area contributed by atoms with Crippen molar-refractivity contribution in [1.82, 2.24) is 0 Å². The van der Waals surface area contributed by atoms with Crippen LogP contribution in [0.4, 0.5) is 0 Å². The van der Waals surface area contributed by atoms with E-state index in [1.807, 2.05) is 6.92 Å². The van der Waals surface area contributed by atoms with Crippen molar-refractivity contribution in [2.24, 2.45) is 11.8 Å². The largest absolute Gasteiger partial charge is 0.303 e. The summed E-state index contributed by atoms with van der Waals surface area (Å²) in [6.07, 6.45) is 5.26. The summed E-state index contributed by atoms with van der Waals surface area (Å²) in [6, 6.07) is 0. The molecule has 0 radical (unpaired) electrons. The summed E-state index contributed by atoms with van der Waals surface area (Å²) in [6.45, 7) is 2.32. The van der Waals surface area contributed by atoms with Gasteiger partial charge in [0.2, 0.25) is 0 Å². The fraction of sp³-hybridized carbons (Fsp3) is 0.571. The minimum atomic E-state index is 0.00940. The van der Waals surface area contributed by atoms with Gasteiger partial charge in [0.05, 0.1) is 6.61 Å². The van der Waals surface area contributed by atoms with E-state index in [0.717, 1.165) is 12.7 Å². The second-order valence-electron chi connectivity index (χ2n) is 1.97. The van der Waals surface area contributed by atoms with Gasteiger partial charge in [-0.05, 0) is 6.42 Å². The Hall–Kier alpha value is -0.670. The van der Waals surface area contributed by atoms with Gasteiger partial charge in [-0.25, -0.2) is 5.90 Å². The molecule has 0 aromatic rings. The van der Waals surface area contributed by atoms with Gasteiger partial charge >= 0.3 is 0 Å². The Morgan fingerprint density at radius 2 is 2.40 bits per heavy atom. The molecule has 0 aromatic carbocycles. The quantitative estimate of drug-likeness (QED) is 0.349. The second-order valence-corrected chi connectivity index (χ2v) is 1.97. The number of aldehydes is 1. The Morgan fingerprint density at radius 3 is 2.80 bits per heavy atom. The van der Waals surface area contributed by atoms with Crippen molar-refractivity contribution >= 4 is 6.29 Å². The van der Waals surface area contributed by atoms with Crippen molar-refractivity contribution < 1.29 is 9.63 Å². The minimum Gasteiger partial charge on any atom is -0.303 e. The SMILES string of the molecule is CC[C@H](C=O)/C=C\CON. The second kappa shape index (κ2) is 6.45. The van der Waals surface area contributed by atoms with Crippen molar-refractivity contribution in [3.63, 3.8) is 0 Å². The summed E-state index contributed by atoms with van der Waals surface area (Å²) >= 11 is 0. The van der Waals surface area contributed by atoms with Gasteiger partial charge in [0, 0.05) is 5.92 Å². The van der Waals surface area contributed by atoms with E-state index in [9.17, 15) is 4.79 Å². The van der Waals surface area contributed by atoms with Gasteiger partial charge in [0.1, 0.15) is 6.29 Å². The average molecular weight is 143 g/mol. The minimum absolute atomic E-state index is 0.00940. The van der Waals surface area contributed by atoms with E-state index >= 15 is 0 Å². The van der Waals surface area contributed by atoms with Gasteiger partial charge in [0.25, 0.3) is 0 Å². The summed E-state index contributed by atoms with van der Waals surface area (Å²) in [7, 11) is 0. The van der Waals surface area contributed by atoms with E-state index in [0.29, 0.717) is 6.61 Å². The lowest BCUT2D eigenvalue weighted by Crippen LogP contribution is -1.99. The first-order valence-electron chi connectivity index (χ1n) is 3.28. The van der Waals surface area contributed by atoms with Crippen LogP contribution in [-0.4, -0.2) is 12.9 Å². The number of allylic oxidation sites excluding steroid dienone is 1. The molecule has 10 heavy (non-hydrogen) atoms. The third-order valence-electron chi connectivity index (χ3n) is 1.22. The van der Waals surface area contributed by atoms with Crippen LogP contribution in [0.1, 0.15) is 13.3 Å². The zero-order chi connectivity index (χ0) is 7.82. The molecule has 0 saturated carbocycles. The lowest BCUT2D eigenvalue weighted by atomic mass is 10.1. The predicted octanol–water partition coefficient (Wildman–Crippen LogP) is 0.658. The van der Waals surface area contributed by atoms with E-state index in [1.165, 1.54) is 0 Å². The van der Waals surface area contributed by atoms with Crippen molar-refractivity contribution in [2.45, 2.75) is 13.3 Å². The summed E-state index contributed by atoms with van der Waals surface area (Å²) in [5.41, 5.74) is 0. The summed E-state index contributed by atoms with van der Waals surface area (Å²) in [4.78, 5) is 14.5. The first kappa shape index (κ1) is 9.33. The standard InChI is InChI=1S/C7H13NO2/c1-2-7(6-9)4-3-5-10-8/h3-4,6-7H,2,5,8H2,1H3/b4-3-/t7-/m0/s1. The molecule has 58 valence electrons.